The summed E-state index contributed by atoms with van der Waals surface area (Å²) in [6.45, 7) is 7.83. The molecule has 0 aliphatic heterocycles. The minimum absolute atomic E-state index is 0.502. The zero-order chi connectivity index (χ0) is 15.1. The maximum Gasteiger partial charge on any atom is 0.0412 e. The van der Waals surface area contributed by atoms with Gasteiger partial charge in [0.15, 0.2) is 0 Å². The molecule has 2 rings (SSSR count). The van der Waals surface area contributed by atoms with Crippen LogP contribution in [0.5, 0.6) is 0 Å². The molecular weight excluding hydrogens is 274 g/mol. The average Bonchev–Trinajstić information content (AvgIpc) is 2.99. The van der Waals surface area contributed by atoms with Crippen LogP contribution in [0.4, 0.5) is 0 Å². The highest BCUT2D eigenvalue weighted by atomic mass is 32.1. The molecule has 1 N–H and O–H groups in total. The van der Waals surface area contributed by atoms with Gasteiger partial charge in [-0.25, -0.2) is 0 Å². The number of aryl methyl sites for hydroxylation is 1. The summed E-state index contributed by atoms with van der Waals surface area (Å²) in [6.07, 6.45) is 4.70. The van der Waals surface area contributed by atoms with E-state index in [0.29, 0.717) is 6.04 Å². The predicted octanol–water partition coefficient (Wildman–Crippen LogP) is 5.82. The van der Waals surface area contributed by atoms with Gasteiger partial charge in [-0.15, -0.1) is 11.3 Å². The van der Waals surface area contributed by atoms with E-state index in [1.807, 2.05) is 11.3 Å². The number of hydrogen-bond acceptors (Lipinski definition) is 2. The van der Waals surface area contributed by atoms with Gasteiger partial charge in [-0.05, 0) is 49.1 Å². The van der Waals surface area contributed by atoms with Crippen molar-refractivity contribution in [3.8, 4) is 10.4 Å². The minimum atomic E-state index is 0.502. The Kier molecular flexibility index (Phi) is 6.47. The van der Waals surface area contributed by atoms with Crippen molar-refractivity contribution < 1.29 is 0 Å². The van der Waals surface area contributed by atoms with Crippen LogP contribution in [0.1, 0.15) is 56.5 Å². The lowest BCUT2D eigenvalue weighted by molar-refractivity contribution is 0.525. The molecule has 0 saturated carbocycles. The van der Waals surface area contributed by atoms with Gasteiger partial charge in [-0.3, -0.25) is 0 Å². The van der Waals surface area contributed by atoms with E-state index < -0.39 is 0 Å². The van der Waals surface area contributed by atoms with Crippen LogP contribution in [0.3, 0.4) is 0 Å². The Balaban J connectivity index is 2.23. The zero-order valence-corrected chi connectivity index (χ0v) is 14.3. The Bertz CT molecular complexity index is 544. The van der Waals surface area contributed by atoms with Crippen LogP contribution in [0, 0.1) is 0 Å². The Morgan fingerprint density at radius 1 is 1.00 bits per heavy atom. The van der Waals surface area contributed by atoms with Crippen molar-refractivity contribution in [3.05, 3.63) is 46.8 Å². The van der Waals surface area contributed by atoms with Crippen molar-refractivity contribution in [2.75, 3.05) is 6.54 Å². The van der Waals surface area contributed by atoms with Crippen LogP contribution < -0.4 is 5.32 Å². The zero-order valence-electron chi connectivity index (χ0n) is 13.5. The van der Waals surface area contributed by atoms with E-state index in [1.54, 1.807) is 0 Å². The SMILES string of the molecule is CCCNC(CC)c1ccc(-c2ccccc2CCC)s1. The number of nitrogens with one attached hydrogen (secondary N) is 1. The maximum absolute atomic E-state index is 3.65. The highest BCUT2D eigenvalue weighted by molar-refractivity contribution is 7.15. The summed E-state index contributed by atoms with van der Waals surface area (Å²) in [4.78, 5) is 2.87. The smallest absolute Gasteiger partial charge is 0.0412 e. The lowest BCUT2D eigenvalue weighted by Gasteiger charge is -2.14. The molecule has 0 aliphatic carbocycles. The first-order valence-corrected chi connectivity index (χ1v) is 9.03. The third-order valence-corrected chi connectivity index (χ3v) is 5.05. The molecule has 1 atom stereocenters. The summed E-state index contributed by atoms with van der Waals surface area (Å²) < 4.78 is 0. The van der Waals surface area contributed by atoms with Crippen molar-refractivity contribution in [3.63, 3.8) is 0 Å². The van der Waals surface area contributed by atoms with Gasteiger partial charge in [-0.2, -0.15) is 0 Å². The molecule has 21 heavy (non-hydrogen) atoms. The predicted molar refractivity (Wildman–Crippen MR) is 95.1 cm³/mol. The second-order valence-corrected chi connectivity index (χ2v) is 6.64. The van der Waals surface area contributed by atoms with Crippen LogP contribution in [-0.4, -0.2) is 6.54 Å². The maximum atomic E-state index is 3.65. The number of rotatable bonds is 8. The fourth-order valence-corrected chi connectivity index (χ4v) is 3.93. The van der Waals surface area contributed by atoms with E-state index in [-0.39, 0.29) is 0 Å². The summed E-state index contributed by atoms with van der Waals surface area (Å²) in [5.74, 6) is 0. The van der Waals surface area contributed by atoms with Crippen LogP contribution in [-0.2, 0) is 6.42 Å². The molecule has 0 aliphatic rings. The number of benzene rings is 1. The molecule has 1 heterocycles. The molecule has 0 fully saturated rings. The fourth-order valence-electron chi connectivity index (χ4n) is 2.70. The summed E-state index contributed by atoms with van der Waals surface area (Å²) in [7, 11) is 0. The van der Waals surface area contributed by atoms with E-state index in [9.17, 15) is 0 Å². The first kappa shape index (κ1) is 16.3. The summed E-state index contributed by atoms with van der Waals surface area (Å²) in [5.41, 5.74) is 2.89. The molecule has 2 heteroatoms. The molecular formula is C19H27NS. The third kappa shape index (κ3) is 4.18. The summed E-state index contributed by atoms with van der Waals surface area (Å²) >= 11 is 1.95. The van der Waals surface area contributed by atoms with Crippen LogP contribution in [0.15, 0.2) is 36.4 Å². The second-order valence-electron chi connectivity index (χ2n) is 5.52. The van der Waals surface area contributed by atoms with E-state index in [2.05, 4.69) is 62.5 Å². The largest absolute Gasteiger partial charge is 0.309 e. The normalized spacial score (nSPS) is 12.5. The molecule has 1 unspecified atom stereocenters. The summed E-state index contributed by atoms with van der Waals surface area (Å²) in [6, 6.07) is 13.9. The quantitative estimate of drug-likeness (QED) is 0.648. The fraction of sp³-hybridized carbons (Fsp3) is 0.474. The van der Waals surface area contributed by atoms with E-state index in [4.69, 9.17) is 0 Å². The Hall–Kier alpha value is -1.12. The van der Waals surface area contributed by atoms with Gasteiger partial charge in [0.1, 0.15) is 0 Å². The average molecular weight is 301 g/mol. The van der Waals surface area contributed by atoms with E-state index in [0.717, 1.165) is 19.4 Å². The van der Waals surface area contributed by atoms with Gasteiger partial charge in [0.2, 0.25) is 0 Å². The van der Waals surface area contributed by atoms with Crippen molar-refractivity contribution >= 4 is 11.3 Å². The van der Waals surface area contributed by atoms with E-state index in [1.165, 1.54) is 33.7 Å². The highest BCUT2D eigenvalue weighted by Gasteiger charge is 2.13. The van der Waals surface area contributed by atoms with Gasteiger partial charge in [0.25, 0.3) is 0 Å². The van der Waals surface area contributed by atoms with Crippen molar-refractivity contribution in [2.45, 2.75) is 52.5 Å². The topological polar surface area (TPSA) is 12.0 Å². The lowest BCUT2D eigenvalue weighted by atomic mass is 10.0. The Labute approximate surface area is 133 Å². The number of thiophene rings is 1. The van der Waals surface area contributed by atoms with Gasteiger partial charge in [-0.1, -0.05) is 51.5 Å². The van der Waals surface area contributed by atoms with Gasteiger partial charge in [0.05, 0.1) is 0 Å². The molecule has 1 aromatic carbocycles. The number of hydrogen-bond donors (Lipinski definition) is 1. The second kappa shape index (κ2) is 8.35. The first-order chi connectivity index (χ1) is 10.3. The summed E-state index contributed by atoms with van der Waals surface area (Å²) in [5, 5.41) is 3.65. The van der Waals surface area contributed by atoms with Crippen molar-refractivity contribution in [2.24, 2.45) is 0 Å². The minimum Gasteiger partial charge on any atom is -0.309 e. The molecule has 2 aromatic rings. The van der Waals surface area contributed by atoms with Crippen LogP contribution in [0.2, 0.25) is 0 Å². The standard InChI is InChI=1S/C19H27NS/c1-4-9-15-10-7-8-11-16(15)18-12-13-19(21-18)17(6-3)20-14-5-2/h7-8,10-13,17,20H,4-6,9,14H2,1-3H3. The molecule has 0 amide bonds. The molecule has 0 saturated heterocycles. The van der Waals surface area contributed by atoms with Crippen molar-refractivity contribution in [1.82, 2.24) is 5.32 Å². The highest BCUT2D eigenvalue weighted by Crippen LogP contribution is 2.34. The van der Waals surface area contributed by atoms with Crippen LogP contribution >= 0.6 is 11.3 Å². The molecule has 114 valence electrons. The van der Waals surface area contributed by atoms with Gasteiger partial charge >= 0.3 is 0 Å². The molecule has 1 nitrogen and oxygen atoms in total. The Morgan fingerprint density at radius 3 is 2.52 bits per heavy atom. The van der Waals surface area contributed by atoms with Gasteiger partial charge < -0.3 is 5.32 Å². The van der Waals surface area contributed by atoms with Crippen LogP contribution in [0.25, 0.3) is 10.4 Å². The molecule has 0 spiro atoms. The third-order valence-electron chi connectivity index (χ3n) is 3.82. The lowest BCUT2D eigenvalue weighted by Crippen LogP contribution is -2.20. The molecule has 0 radical (unpaired) electrons. The first-order valence-electron chi connectivity index (χ1n) is 8.21. The van der Waals surface area contributed by atoms with E-state index >= 15 is 0 Å². The van der Waals surface area contributed by atoms with Gasteiger partial charge in [0, 0.05) is 15.8 Å². The monoisotopic (exact) mass is 301 g/mol. The van der Waals surface area contributed by atoms with Crippen molar-refractivity contribution in [1.29, 1.82) is 0 Å². The molecule has 1 aromatic heterocycles. The Morgan fingerprint density at radius 2 is 1.81 bits per heavy atom. The molecule has 0 bridgehead atoms.